The van der Waals surface area contributed by atoms with E-state index < -0.39 is 16.2 Å². The first-order chi connectivity index (χ1) is 7.92. The third-order valence-electron chi connectivity index (χ3n) is 2.53. The Morgan fingerprint density at radius 3 is 2.82 bits per heavy atom. The van der Waals surface area contributed by atoms with Crippen LogP contribution in [-0.4, -0.2) is 56.6 Å². The highest BCUT2D eigenvalue weighted by atomic mass is 32.2. The number of carboxylic acids is 1. The summed E-state index contributed by atoms with van der Waals surface area (Å²) >= 11 is 0. The maximum atomic E-state index is 11.8. The van der Waals surface area contributed by atoms with Crippen LogP contribution in [0.15, 0.2) is 0 Å². The predicted octanol–water partition coefficient (Wildman–Crippen LogP) is -0.594. The smallest absolute Gasteiger partial charge is 0.304 e. The molecule has 0 aromatic heterocycles. The number of nitrogens with zero attached hydrogens (tertiary/aromatic N) is 1. The minimum atomic E-state index is -3.62. The van der Waals surface area contributed by atoms with Gasteiger partial charge in [-0.15, -0.1) is 0 Å². The molecule has 1 aliphatic heterocycles. The van der Waals surface area contributed by atoms with E-state index in [2.05, 4.69) is 4.72 Å². The van der Waals surface area contributed by atoms with Crippen LogP contribution in [0.1, 0.15) is 19.3 Å². The van der Waals surface area contributed by atoms with Crippen LogP contribution in [0, 0.1) is 0 Å². The molecule has 0 spiro atoms. The van der Waals surface area contributed by atoms with Gasteiger partial charge in [-0.3, -0.25) is 4.79 Å². The minimum Gasteiger partial charge on any atom is -0.481 e. The van der Waals surface area contributed by atoms with Crippen molar-refractivity contribution in [2.24, 2.45) is 0 Å². The standard InChI is InChI=1S/C9H18N2O5S/c1-11(5-4-9(12)13)17(14,15)10-8-3-2-6-16-7-8/h8,10H,2-7H2,1H3,(H,12,13). The third-order valence-corrected chi connectivity index (χ3v) is 4.16. The van der Waals surface area contributed by atoms with Crippen LogP contribution in [0.5, 0.6) is 0 Å². The van der Waals surface area contributed by atoms with E-state index in [9.17, 15) is 13.2 Å². The van der Waals surface area contributed by atoms with Crippen molar-refractivity contribution < 1.29 is 23.1 Å². The Hall–Kier alpha value is -0.700. The zero-order valence-electron chi connectivity index (χ0n) is 9.76. The molecular weight excluding hydrogens is 248 g/mol. The monoisotopic (exact) mass is 266 g/mol. The fraction of sp³-hybridized carbons (Fsp3) is 0.889. The summed E-state index contributed by atoms with van der Waals surface area (Å²) in [7, 11) is -2.26. The molecule has 1 heterocycles. The van der Waals surface area contributed by atoms with Crippen LogP contribution in [0.2, 0.25) is 0 Å². The second-order valence-corrected chi connectivity index (χ2v) is 5.81. The van der Waals surface area contributed by atoms with E-state index in [1.54, 1.807) is 0 Å². The van der Waals surface area contributed by atoms with E-state index in [-0.39, 0.29) is 19.0 Å². The van der Waals surface area contributed by atoms with Crippen molar-refractivity contribution >= 4 is 16.2 Å². The fourth-order valence-electron chi connectivity index (χ4n) is 1.51. The number of carbonyl (C=O) groups is 1. The molecule has 0 bridgehead atoms. The molecule has 1 saturated heterocycles. The van der Waals surface area contributed by atoms with Crippen molar-refractivity contribution in [1.29, 1.82) is 0 Å². The van der Waals surface area contributed by atoms with Crippen LogP contribution in [-0.2, 0) is 19.7 Å². The lowest BCUT2D eigenvalue weighted by molar-refractivity contribution is -0.137. The van der Waals surface area contributed by atoms with Gasteiger partial charge in [-0.2, -0.15) is 17.4 Å². The van der Waals surface area contributed by atoms with Crippen LogP contribution < -0.4 is 4.72 Å². The number of carboxylic acid groups (broad SMARTS) is 1. The lowest BCUT2D eigenvalue weighted by Gasteiger charge is -2.25. The molecule has 0 saturated carbocycles. The van der Waals surface area contributed by atoms with Crippen molar-refractivity contribution in [3.05, 3.63) is 0 Å². The van der Waals surface area contributed by atoms with E-state index in [1.807, 2.05) is 0 Å². The number of nitrogens with one attached hydrogen (secondary N) is 1. The third kappa shape index (κ3) is 4.99. The average molecular weight is 266 g/mol. The van der Waals surface area contributed by atoms with Crippen molar-refractivity contribution in [2.75, 3.05) is 26.8 Å². The Morgan fingerprint density at radius 2 is 2.29 bits per heavy atom. The van der Waals surface area contributed by atoms with Gasteiger partial charge in [-0.1, -0.05) is 0 Å². The highest BCUT2D eigenvalue weighted by molar-refractivity contribution is 7.87. The number of ether oxygens (including phenoxy) is 1. The Balaban J connectivity index is 2.45. The molecule has 1 rings (SSSR count). The van der Waals surface area contributed by atoms with Gasteiger partial charge in [-0.05, 0) is 12.8 Å². The fourth-order valence-corrected chi connectivity index (χ4v) is 2.63. The van der Waals surface area contributed by atoms with Crippen LogP contribution >= 0.6 is 0 Å². The Morgan fingerprint density at radius 1 is 1.59 bits per heavy atom. The van der Waals surface area contributed by atoms with Crippen molar-refractivity contribution in [3.63, 3.8) is 0 Å². The molecule has 0 aliphatic carbocycles. The first kappa shape index (κ1) is 14.4. The SMILES string of the molecule is CN(CCC(=O)O)S(=O)(=O)NC1CCCOC1. The molecule has 1 atom stereocenters. The van der Waals surface area contributed by atoms with E-state index in [0.29, 0.717) is 13.2 Å². The number of hydrogen-bond acceptors (Lipinski definition) is 4. The van der Waals surface area contributed by atoms with Crippen molar-refractivity contribution in [3.8, 4) is 0 Å². The van der Waals surface area contributed by atoms with E-state index >= 15 is 0 Å². The first-order valence-electron chi connectivity index (χ1n) is 5.45. The summed E-state index contributed by atoms with van der Waals surface area (Å²) in [5.74, 6) is -1.02. The topological polar surface area (TPSA) is 95.9 Å². The summed E-state index contributed by atoms with van der Waals surface area (Å²) in [6.07, 6.45) is 1.36. The van der Waals surface area contributed by atoms with Gasteiger partial charge < -0.3 is 9.84 Å². The quantitative estimate of drug-likeness (QED) is 0.669. The van der Waals surface area contributed by atoms with Gasteiger partial charge in [-0.25, -0.2) is 0 Å². The molecule has 0 radical (unpaired) electrons. The van der Waals surface area contributed by atoms with Crippen molar-refractivity contribution in [1.82, 2.24) is 9.03 Å². The van der Waals surface area contributed by atoms with Gasteiger partial charge in [0.15, 0.2) is 0 Å². The van der Waals surface area contributed by atoms with E-state index in [4.69, 9.17) is 9.84 Å². The molecular formula is C9H18N2O5S. The number of hydrogen-bond donors (Lipinski definition) is 2. The minimum absolute atomic E-state index is 0.0434. The number of rotatable bonds is 6. The summed E-state index contributed by atoms with van der Waals surface area (Å²) in [5.41, 5.74) is 0. The molecule has 0 aromatic rings. The summed E-state index contributed by atoms with van der Waals surface area (Å²) in [6, 6.07) is -0.221. The molecule has 1 fully saturated rings. The second-order valence-electron chi connectivity index (χ2n) is 4.00. The predicted molar refractivity (Wildman–Crippen MR) is 60.8 cm³/mol. The summed E-state index contributed by atoms with van der Waals surface area (Å²) in [6.45, 7) is 0.983. The zero-order chi connectivity index (χ0) is 12.9. The summed E-state index contributed by atoms with van der Waals surface area (Å²) in [4.78, 5) is 10.4. The summed E-state index contributed by atoms with van der Waals surface area (Å²) < 4.78 is 32.2. The molecule has 7 nitrogen and oxygen atoms in total. The van der Waals surface area contributed by atoms with Crippen LogP contribution in [0.3, 0.4) is 0 Å². The molecule has 100 valence electrons. The van der Waals surface area contributed by atoms with Gasteiger partial charge in [0.05, 0.1) is 13.0 Å². The van der Waals surface area contributed by atoms with Gasteiger partial charge >= 0.3 is 5.97 Å². The maximum Gasteiger partial charge on any atom is 0.304 e. The van der Waals surface area contributed by atoms with Gasteiger partial charge in [0.2, 0.25) is 0 Å². The average Bonchev–Trinajstić information content (AvgIpc) is 2.26. The molecule has 2 N–H and O–H groups in total. The lowest BCUT2D eigenvalue weighted by Crippen LogP contribution is -2.47. The Labute approximate surface area is 101 Å². The number of aliphatic carboxylic acids is 1. The van der Waals surface area contributed by atoms with Crippen LogP contribution in [0.4, 0.5) is 0 Å². The second kappa shape index (κ2) is 6.29. The Kier molecular flexibility index (Phi) is 5.31. The largest absolute Gasteiger partial charge is 0.481 e. The van der Waals surface area contributed by atoms with Crippen molar-refractivity contribution in [2.45, 2.75) is 25.3 Å². The van der Waals surface area contributed by atoms with E-state index in [1.165, 1.54) is 7.05 Å². The van der Waals surface area contributed by atoms with Gasteiger partial charge in [0.25, 0.3) is 10.2 Å². The molecule has 1 aliphatic rings. The highest BCUT2D eigenvalue weighted by Crippen LogP contribution is 2.08. The maximum absolute atomic E-state index is 11.8. The summed E-state index contributed by atoms with van der Waals surface area (Å²) in [5, 5.41) is 8.49. The highest BCUT2D eigenvalue weighted by Gasteiger charge is 2.24. The normalized spacial score (nSPS) is 21.6. The van der Waals surface area contributed by atoms with Gasteiger partial charge in [0, 0.05) is 26.2 Å². The van der Waals surface area contributed by atoms with Crippen LogP contribution in [0.25, 0.3) is 0 Å². The van der Waals surface area contributed by atoms with Gasteiger partial charge in [0.1, 0.15) is 0 Å². The molecule has 1 unspecified atom stereocenters. The first-order valence-corrected chi connectivity index (χ1v) is 6.89. The van der Waals surface area contributed by atoms with E-state index in [0.717, 1.165) is 17.1 Å². The molecule has 0 aromatic carbocycles. The lowest BCUT2D eigenvalue weighted by atomic mass is 10.1. The Bertz CT molecular complexity index is 350. The molecule has 17 heavy (non-hydrogen) atoms. The molecule has 0 amide bonds. The zero-order valence-corrected chi connectivity index (χ0v) is 10.6. The molecule has 8 heteroatoms.